The van der Waals surface area contributed by atoms with Crippen LogP contribution in [0.3, 0.4) is 0 Å². The van der Waals surface area contributed by atoms with Crippen molar-refractivity contribution in [1.29, 1.82) is 0 Å². The lowest BCUT2D eigenvalue weighted by Gasteiger charge is -2.21. The number of ether oxygens (including phenoxy) is 1. The van der Waals surface area contributed by atoms with Crippen LogP contribution in [0.1, 0.15) is 56.0 Å². The van der Waals surface area contributed by atoms with Gasteiger partial charge < -0.3 is 4.74 Å². The fourth-order valence-corrected chi connectivity index (χ4v) is 4.25. The van der Waals surface area contributed by atoms with Crippen LogP contribution in [-0.2, 0) is 16.0 Å². The molecule has 1 unspecified atom stereocenters. The van der Waals surface area contributed by atoms with Crippen molar-refractivity contribution in [2.75, 3.05) is 0 Å². The number of benzene rings is 1. The second kappa shape index (κ2) is 8.16. The Labute approximate surface area is 175 Å². The van der Waals surface area contributed by atoms with Crippen molar-refractivity contribution in [3.63, 3.8) is 0 Å². The van der Waals surface area contributed by atoms with Crippen LogP contribution < -0.4 is 0 Å². The van der Waals surface area contributed by atoms with Crippen LogP contribution in [-0.4, -0.2) is 21.8 Å². The minimum Gasteiger partial charge on any atom is -0.460 e. The van der Waals surface area contributed by atoms with Gasteiger partial charge >= 0.3 is 5.97 Å². The normalized spacial score (nSPS) is 16.8. The number of allylic oxidation sites excluding steroid dienone is 1. The highest BCUT2D eigenvalue weighted by Gasteiger charge is 2.23. The molecule has 4 nitrogen and oxygen atoms in total. The van der Waals surface area contributed by atoms with Crippen LogP contribution in [0.2, 0.25) is 0 Å². The lowest BCUT2D eigenvalue weighted by Crippen LogP contribution is -2.25. The molecule has 0 aliphatic heterocycles. The molecule has 1 aliphatic rings. The summed E-state index contributed by atoms with van der Waals surface area (Å²) in [6.45, 7) is 9.85. The first-order valence-electron chi connectivity index (χ1n) is 9.65. The monoisotopic (exact) mass is 442 g/mol. The van der Waals surface area contributed by atoms with Gasteiger partial charge in [0.05, 0.1) is 17.8 Å². The minimum atomic E-state index is -0.460. The molecule has 0 saturated heterocycles. The minimum absolute atomic E-state index is 0.114. The molecule has 148 valence electrons. The van der Waals surface area contributed by atoms with Crippen LogP contribution in [0.25, 0.3) is 15.7 Å². The highest BCUT2D eigenvalue weighted by Crippen LogP contribution is 2.34. The van der Waals surface area contributed by atoms with E-state index in [4.69, 9.17) is 4.74 Å². The van der Waals surface area contributed by atoms with Gasteiger partial charge in [-0.25, -0.2) is 0 Å². The molecule has 5 heteroatoms. The smallest absolute Gasteiger partial charge is 0.306 e. The quantitative estimate of drug-likeness (QED) is 0.564. The van der Waals surface area contributed by atoms with Crippen molar-refractivity contribution in [3.05, 3.63) is 52.7 Å². The number of hydrogen-bond acceptors (Lipinski definition) is 4. The van der Waals surface area contributed by atoms with Crippen LogP contribution >= 0.6 is 15.9 Å². The predicted molar refractivity (Wildman–Crippen MR) is 116 cm³/mol. The summed E-state index contributed by atoms with van der Waals surface area (Å²) in [7, 11) is 0. The van der Waals surface area contributed by atoms with E-state index in [1.807, 2.05) is 20.8 Å². The number of rotatable bonds is 3. The second-order valence-electron chi connectivity index (χ2n) is 8.57. The number of carbonyl (C=O) groups excluding carboxylic acids is 1. The molecule has 1 atom stereocenters. The molecule has 0 amide bonds. The van der Waals surface area contributed by atoms with Gasteiger partial charge in [-0.2, -0.15) is 10.2 Å². The number of aryl methyl sites for hydroxylation is 3. The third kappa shape index (κ3) is 5.28. The first-order chi connectivity index (χ1) is 13.1. The number of nitrogens with zero attached hydrogens (tertiary/aromatic N) is 2. The fraction of sp³-hybridized carbons (Fsp3) is 0.435. The van der Waals surface area contributed by atoms with Crippen LogP contribution in [0.15, 0.2) is 30.3 Å². The molecule has 0 spiro atoms. The number of aromatic nitrogens is 2. The molecule has 0 bridgehead atoms. The largest absolute Gasteiger partial charge is 0.460 e. The van der Waals surface area contributed by atoms with Crippen LogP contribution in [0.4, 0.5) is 0 Å². The topological polar surface area (TPSA) is 52.1 Å². The Morgan fingerprint density at radius 1 is 1.14 bits per heavy atom. The second-order valence-corrected chi connectivity index (χ2v) is 9.42. The van der Waals surface area contributed by atoms with Gasteiger partial charge in [0.25, 0.3) is 0 Å². The van der Waals surface area contributed by atoms with Gasteiger partial charge in [0.1, 0.15) is 5.60 Å². The predicted octanol–water partition coefficient (Wildman–Crippen LogP) is 5.79. The Bertz CT molecular complexity index is 908. The lowest BCUT2D eigenvalue weighted by molar-refractivity contribution is -0.155. The van der Waals surface area contributed by atoms with E-state index >= 15 is 0 Å². The molecule has 1 heterocycles. The summed E-state index contributed by atoms with van der Waals surface area (Å²) in [5, 5.41) is 8.97. The van der Waals surface area contributed by atoms with Gasteiger partial charge in [0, 0.05) is 15.6 Å². The third-order valence-electron chi connectivity index (χ3n) is 4.63. The summed E-state index contributed by atoms with van der Waals surface area (Å²) in [6, 6.07) is 8.50. The van der Waals surface area contributed by atoms with E-state index in [1.54, 1.807) is 0 Å². The zero-order chi connectivity index (χ0) is 20.5. The van der Waals surface area contributed by atoms with E-state index in [-0.39, 0.29) is 11.9 Å². The maximum atomic E-state index is 12.2. The van der Waals surface area contributed by atoms with Crippen molar-refractivity contribution in [1.82, 2.24) is 10.2 Å². The Balaban J connectivity index is 1.85. The molecular formula is C23H27BrN2O2. The highest BCUT2D eigenvalue weighted by molar-refractivity contribution is 9.15. The molecule has 0 saturated carbocycles. The van der Waals surface area contributed by atoms with Crippen LogP contribution in [0, 0.1) is 19.8 Å². The highest BCUT2D eigenvalue weighted by atomic mass is 79.9. The maximum absolute atomic E-state index is 12.2. The van der Waals surface area contributed by atoms with E-state index in [9.17, 15) is 4.79 Å². The summed E-state index contributed by atoms with van der Waals surface area (Å²) in [4.78, 5) is 12.2. The Morgan fingerprint density at radius 3 is 2.46 bits per heavy atom. The average molecular weight is 443 g/mol. The Hall–Kier alpha value is -2.01. The van der Waals surface area contributed by atoms with Gasteiger partial charge in [-0.15, -0.1) is 0 Å². The summed E-state index contributed by atoms with van der Waals surface area (Å²) in [5.41, 5.74) is 5.90. The number of hydrogen-bond donors (Lipinski definition) is 0. The zero-order valence-electron chi connectivity index (χ0n) is 17.2. The molecule has 0 radical (unpaired) electrons. The standard InChI is InChI=1S/C23H27BrN2O2/c1-14-8-15(2)10-17(9-14)21-13-18-19(24)11-16(6-7-20(18)25-26-21)12-22(27)28-23(3,4)5/h8-11,13,16H,6-7,12H2,1-5H3. The summed E-state index contributed by atoms with van der Waals surface area (Å²) in [6.07, 6.45) is 4.12. The van der Waals surface area contributed by atoms with Gasteiger partial charge in [-0.3, -0.25) is 4.79 Å². The molecule has 1 aromatic carbocycles. The zero-order valence-corrected chi connectivity index (χ0v) is 18.8. The van der Waals surface area contributed by atoms with Crippen molar-refractivity contribution < 1.29 is 9.53 Å². The summed E-state index contributed by atoms with van der Waals surface area (Å²) >= 11 is 3.71. The van der Waals surface area contributed by atoms with Gasteiger partial charge in [0.2, 0.25) is 0 Å². The van der Waals surface area contributed by atoms with Gasteiger partial charge in [0.15, 0.2) is 0 Å². The van der Waals surface area contributed by atoms with Crippen molar-refractivity contribution in [2.45, 2.75) is 59.5 Å². The number of carbonyl (C=O) groups is 1. The van der Waals surface area contributed by atoms with Gasteiger partial charge in [-0.1, -0.05) is 39.2 Å². The molecule has 3 rings (SSSR count). The Morgan fingerprint density at radius 2 is 1.82 bits per heavy atom. The van der Waals surface area contributed by atoms with E-state index in [2.05, 4.69) is 70.3 Å². The maximum Gasteiger partial charge on any atom is 0.306 e. The lowest BCUT2D eigenvalue weighted by atomic mass is 9.99. The van der Waals surface area contributed by atoms with E-state index in [1.165, 1.54) is 11.1 Å². The van der Waals surface area contributed by atoms with Crippen molar-refractivity contribution >= 4 is 26.4 Å². The van der Waals surface area contributed by atoms with Gasteiger partial charge in [-0.05, 0) is 71.6 Å². The molecule has 0 N–H and O–H groups in total. The van der Waals surface area contributed by atoms with Crippen molar-refractivity contribution in [2.24, 2.45) is 5.92 Å². The van der Waals surface area contributed by atoms with Crippen LogP contribution in [0.5, 0.6) is 0 Å². The Kier molecular flexibility index (Phi) is 6.04. The average Bonchev–Trinajstić information content (AvgIpc) is 2.71. The molecule has 0 fully saturated rings. The fourth-order valence-electron chi connectivity index (χ4n) is 3.53. The molecule has 28 heavy (non-hydrogen) atoms. The number of esters is 1. The van der Waals surface area contributed by atoms with E-state index in [0.717, 1.165) is 39.8 Å². The van der Waals surface area contributed by atoms with E-state index in [0.29, 0.717) is 6.42 Å². The third-order valence-corrected chi connectivity index (χ3v) is 5.32. The summed E-state index contributed by atoms with van der Waals surface area (Å²) < 4.78 is 6.45. The first-order valence-corrected chi connectivity index (χ1v) is 10.4. The number of halogens is 1. The summed E-state index contributed by atoms with van der Waals surface area (Å²) in [5.74, 6) is -0.0508. The molecule has 1 aromatic heterocycles. The molecule has 1 aliphatic carbocycles. The SMILES string of the molecule is Cc1cc(C)cc(-c2cc3c(nn2)CCC(CC(=O)OC(C)(C)C)C=C3Br)c1. The van der Waals surface area contributed by atoms with E-state index < -0.39 is 5.60 Å². The number of fused-ring (bicyclic) bond motifs is 1. The molecule has 2 aromatic rings. The van der Waals surface area contributed by atoms with Crippen molar-refractivity contribution in [3.8, 4) is 11.3 Å². The first kappa shape index (κ1) is 20.7. The molecular weight excluding hydrogens is 416 g/mol.